The second kappa shape index (κ2) is 6.23. The summed E-state index contributed by atoms with van der Waals surface area (Å²) in [6, 6.07) is 5.24. The Labute approximate surface area is 108 Å². The fourth-order valence-corrected chi connectivity index (χ4v) is 2.06. The Balaban J connectivity index is 1.68. The summed E-state index contributed by atoms with van der Waals surface area (Å²) in [6.07, 6.45) is 2.18. The number of nitrogens with one attached hydrogen (secondary N) is 2. The highest BCUT2D eigenvalue weighted by atomic mass is 32.1. The number of carbonyl (C=O) groups is 1. The molecule has 2 amide bonds. The zero-order chi connectivity index (χ0) is 12.8. The van der Waals surface area contributed by atoms with Crippen LogP contribution in [0.2, 0.25) is 0 Å². The second-order valence-corrected chi connectivity index (χ2v) is 4.75. The van der Waals surface area contributed by atoms with Gasteiger partial charge in [-0.2, -0.15) is 0 Å². The van der Waals surface area contributed by atoms with Crippen LogP contribution < -0.4 is 10.6 Å². The largest absolute Gasteiger partial charge is 0.472 e. The fourth-order valence-electron chi connectivity index (χ4n) is 1.41. The number of thiophene rings is 1. The van der Waals surface area contributed by atoms with Crippen LogP contribution in [0, 0.1) is 0 Å². The third-order valence-corrected chi connectivity index (χ3v) is 3.26. The molecule has 2 aromatic rings. The average Bonchev–Trinajstić information content (AvgIpc) is 3.05. The van der Waals surface area contributed by atoms with Gasteiger partial charge in [-0.15, -0.1) is 11.3 Å². The van der Waals surface area contributed by atoms with Gasteiger partial charge in [-0.1, -0.05) is 6.07 Å². The summed E-state index contributed by atoms with van der Waals surface area (Å²) in [5.41, 5.74) is 0.647. The highest BCUT2D eigenvalue weighted by Crippen LogP contribution is 2.11. The number of rotatable bonds is 5. The number of carbonyl (C=O) groups excluding carboxylic acids is 1. The Hall–Kier alpha value is -1.79. The molecule has 0 radical (unpaired) electrons. The summed E-state index contributed by atoms with van der Waals surface area (Å²) < 4.78 is 4.85. The van der Waals surface area contributed by atoms with Crippen LogP contribution in [-0.2, 0) is 6.54 Å². The molecule has 96 valence electrons. The first-order valence-corrected chi connectivity index (χ1v) is 6.38. The lowest BCUT2D eigenvalue weighted by molar-refractivity contribution is 0.172. The molecule has 0 unspecified atom stereocenters. The van der Waals surface area contributed by atoms with Crippen molar-refractivity contribution < 1.29 is 14.3 Å². The minimum absolute atomic E-state index is 0.149. The molecule has 0 aromatic carbocycles. The first-order valence-electron chi connectivity index (χ1n) is 5.50. The minimum Gasteiger partial charge on any atom is -0.472 e. The molecule has 0 saturated heterocycles. The van der Waals surface area contributed by atoms with Crippen molar-refractivity contribution >= 4 is 17.4 Å². The van der Waals surface area contributed by atoms with Crippen molar-refractivity contribution in [3.05, 3.63) is 46.5 Å². The molecule has 6 heteroatoms. The molecule has 0 spiro atoms. The van der Waals surface area contributed by atoms with E-state index in [-0.39, 0.29) is 12.6 Å². The molecule has 3 N–H and O–H groups in total. The van der Waals surface area contributed by atoms with Gasteiger partial charge in [-0.25, -0.2) is 4.79 Å². The molecule has 0 aliphatic rings. The van der Waals surface area contributed by atoms with Crippen molar-refractivity contribution in [1.29, 1.82) is 0 Å². The summed E-state index contributed by atoms with van der Waals surface area (Å²) >= 11 is 1.58. The number of aliphatic hydroxyl groups excluding tert-OH is 1. The van der Waals surface area contributed by atoms with Gasteiger partial charge < -0.3 is 20.2 Å². The first-order chi connectivity index (χ1) is 8.75. The highest BCUT2D eigenvalue weighted by Gasteiger charge is 2.10. The predicted octanol–water partition coefficient (Wildman–Crippen LogP) is 1.87. The lowest BCUT2D eigenvalue weighted by Crippen LogP contribution is -2.37. The number of amides is 2. The summed E-state index contributed by atoms with van der Waals surface area (Å²) in [5.74, 6) is 0. The molecule has 18 heavy (non-hydrogen) atoms. The number of hydrogen-bond acceptors (Lipinski definition) is 4. The average molecular weight is 266 g/mol. The molecular formula is C12H14N2O3S. The van der Waals surface area contributed by atoms with Crippen molar-refractivity contribution in [2.45, 2.75) is 12.6 Å². The van der Waals surface area contributed by atoms with Crippen LogP contribution in [0.25, 0.3) is 0 Å². The third-order valence-electron chi connectivity index (χ3n) is 2.39. The maximum absolute atomic E-state index is 11.5. The number of furan rings is 1. The molecule has 1 atom stereocenters. The van der Waals surface area contributed by atoms with Crippen LogP contribution in [0.1, 0.15) is 16.5 Å². The molecule has 0 fully saturated rings. The Kier molecular flexibility index (Phi) is 4.38. The van der Waals surface area contributed by atoms with E-state index in [4.69, 9.17) is 4.42 Å². The maximum Gasteiger partial charge on any atom is 0.315 e. The standard InChI is InChI=1S/C12H14N2O3S/c15-11(9-3-4-17-8-9)7-14-12(16)13-6-10-2-1-5-18-10/h1-5,8,11,15H,6-7H2,(H2,13,14,16)/t11-/m1/s1. The van der Waals surface area contributed by atoms with Crippen LogP contribution in [0.5, 0.6) is 0 Å². The van der Waals surface area contributed by atoms with Crippen molar-refractivity contribution in [3.8, 4) is 0 Å². The van der Waals surface area contributed by atoms with E-state index in [2.05, 4.69) is 10.6 Å². The van der Waals surface area contributed by atoms with Gasteiger partial charge >= 0.3 is 6.03 Å². The van der Waals surface area contributed by atoms with E-state index in [1.807, 2.05) is 17.5 Å². The summed E-state index contributed by atoms with van der Waals surface area (Å²) in [7, 11) is 0. The van der Waals surface area contributed by atoms with Crippen LogP contribution in [0.15, 0.2) is 40.5 Å². The van der Waals surface area contributed by atoms with Crippen LogP contribution >= 0.6 is 11.3 Å². The Morgan fingerprint density at radius 2 is 2.33 bits per heavy atom. The highest BCUT2D eigenvalue weighted by molar-refractivity contribution is 7.09. The summed E-state index contributed by atoms with van der Waals surface area (Å²) in [4.78, 5) is 12.5. The topological polar surface area (TPSA) is 74.5 Å². The van der Waals surface area contributed by atoms with Crippen LogP contribution in [-0.4, -0.2) is 17.7 Å². The fraction of sp³-hybridized carbons (Fsp3) is 0.250. The van der Waals surface area contributed by atoms with E-state index in [1.165, 1.54) is 12.5 Å². The lowest BCUT2D eigenvalue weighted by Gasteiger charge is -2.10. The molecule has 5 nitrogen and oxygen atoms in total. The number of aliphatic hydroxyl groups is 1. The van der Waals surface area contributed by atoms with Crippen LogP contribution in [0.3, 0.4) is 0 Å². The molecule has 0 aliphatic carbocycles. The van der Waals surface area contributed by atoms with Gasteiger partial charge in [-0.05, 0) is 17.5 Å². The zero-order valence-corrected chi connectivity index (χ0v) is 10.4. The first kappa shape index (κ1) is 12.7. The van der Waals surface area contributed by atoms with E-state index >= 15 is 0 Å². The van der Waals surface area contributed by atoms with Gasteiger partial charge in [0.1, 0.15) is 0 Å². The Bertz CT molecular complexity index is 467. The van der Waals surface area contributed by atoms with Crippen molar-refractivity contribution in [1.82, 2.24) is 10.6 Å². The third kappa shape index (κ3) is 3.61. The Morgan fingerprint density at radius 1 is 1.44 bits per heavy atom. The zero-order valence-electron chi connectivity index (χ0n) is 9.63. The molecular weight excluding hydrogens is 252 g/mol. The molecule has 0 bridgehead atoms. The van der Waals surface area contributed by atoms with E-state index in [0.29, 0.717) is 12.1 Å². The lowest BCUT2D eigenvalue weighted by atomic mass is 10.2. The molecule has 2 rings (SSSR count). The summed E-state index contributed by atoms with van der Waals surface area (Å²) in [5, 5.41) is 17.0. The smallest absolute Gasteiger partial charge is 0.315 e. The van der Waals surface area contributed by atoms with E-state index in [1.54, 1.807) is 17.4 Å². The molecule has 0 aliphatic heterocycles. The van der Waals surface area contributed by atoms with Gasteiger partial charge in [0.2, 0.25) is 0 Å². The maximum atomic E-state index is 11.5. The van der Waals surface area contributed by atoms with Gasteiger partial charge in [-0.3, -0.25) is 0 Å². The monoisotopic (exact) mass is 266 g/mol. The van der Waals surface area contributed by atoms with Gasteiger partial charge in [0, 0.05) is 17.0 Å². The predicted molar refractivity (Wildman–Crippen MR) is 68.2 cm³/mol. The van der Waals surface area contributed by atoms with Gasteiger partial charge in [0.15, 0.2) is 0 Å². The number of hydrogen-bond donors (Lipinski definition) is 3. The van der Waals surface area contributed by atoms with Crippen molar-refractivity contribution in [3.63, 3.8) is 0 Å². The number of urea groups is 1. The SMILES string of the molecule is O=C(NCc1cccs1)NC[C@@H](O)c1ccoc1. The quantitative estimate of drug-likeness (QED) is 0.773. The second-order valence-electron chi connectivity index (χ2n) is 3.72. The van der Waals surface area contributed by atoms with Gasteiger partial charge in [0.25, 0.3) is 0 Å². The molecule has 2 heterocycles. The summed E-state index contributed by atoms with van der Waals surface area (Å²) in [6.45, 7) is 0.640. The van der Waals surface area contributed by atoms with Crippen molar-refractivity contribution in [2.24, 2.45) is 0 Å². The Morgan fingerprint density at radius 3 is 3.00 bits per heavy atom. The minimum atomic E-state index is -0.753. The van der Waals surface area contributed by atoms with Gasteiger partial charge in [0.05, 0.1) is 25.2 Å². The van der Waals surface area contributed by atoms with Crippen molar-refractivity contribution in [2.75, 3.05) is 6.54 Å². The van der Waals surface area contributed by atoms with E-state index < -0.39 is 6.10 Å². The molecule has 0 saturated carbocycles. The van der Waals surface area contributed by atoms with Crippen LogP contribution in [0.4, 0.5) is 4.79 Å². The normalized spacial score (nSPS) is 12.1. The van der Waals surface area contributed by atoms with E-state index in [9.17, 15) is 9.90 Å². The molecule has 2 aromatic heterocycles. The van der Waals surface area contributed by atoms with E-state index in [0.717, 1.165) is 4.88 Å².